The van der Waals surface area contributed by atoms with Gasteiger partial charge in [0.15, 0.2) is 0 Å². The Hall–Kier alpha value is -1.36. The number of rotatable bonds is 8. The maximum absolute atomic E-state index is 12.1. The molecule has 0 aliphatic carbocycles. The van der Waals surface area contributed by atoms with Gasteiger partial charge in [-0.1, -0.05) is 6.07 Å². The van der Waals surface area contributed by atoms with Crippen molar-refractivity contribution < 1.29 is 14.7 Å². The Bertz CT molecular complexity index is 401. The van der Waals surface area contributed by atoms with E-state index in [0.29, 0.717) is 13.0 Å². The number of carboxylic acid groups (broad SMARTS) is 1. The fourth-order valence-corrected chi connectivity index (χ4v) is 2.65. The average Bonchev–Trinajstić information content (AvgIpc) is 2.81. The zero-order valence-corrected chi connectivity index (χ0v) is 12.3. The van der Waals surface area contributed by atoms with Crippen LogP contribution in [-0.4, -0.2) is 34.5 Å². The molecule has 0 saturated carbocycles. The molecular weight excluding hydrogens is 262 g/mol. The highest BCUT2D eigenvalue weighted by atomic mass is 32.1. The van der Waals surface area contributed by atoms with E-state index in [0.717, 1.165) is 12.8 Å². The standard InChI is InChI=1S/C14H21NO3S/c1-11(2)15(9-8-14(17)18)13(16)7-3-5-12-6-4-10-19-12/h4,6,10-11H,3,5,7-9H2,1-2H3,(H,17,18). The van der Waals surface area contributed by atoms with Gasteiger partial charge >= 0.3 is 5.97 Å². The van der Waals surface area contributed by atoms with Crippen molar-refractivity contribution in [2.45, 2.75) is 45.6 Å². The molecule has 0 saturated heterocycles. The minimum Gasteiger partial charge on any atom is -0.481 e. The summed E-state index contributed by atoms with van der Waals surface area (Å²) in [7, 11) is 0. The van der Waals surface area contributed by atoms with E-state index < -0.39 is 5.97 Å². The highest BCUT2D eigenvalue weighted by Crippen LogP contribution is 2.13. The molecule has 0 unspecified atom stereocenters. The molecule has 0 bridgehead atoms. The number of thiophene rings is 1. The number of carboxylic acids is 1. The highest BCUT2D eigenvalue weighted by Gasteiger charge is 2.17. The third kappa shape index (κ3) is 5.87. The molecule has 4 nitrogen and oxygen atoms in total. The van der Waals surface area contributed by atoms with Crippen molar-refractivity contribution in [3.63, 3.8) is 0 Å². The maximum atomic E-state index is 12.1. The molecule has 0 spiro atoms. The van der Waals surface area contributed by atoms with Gasteiger partial charge in [-0.2, -0.15) is 0 Å². The van der Waals surface area contributed by atoms with Crippen molar-refractivity contribution in [1.29, 1.82) is 0 Å². The number of hydrogen-bond donors (Lipinski definition) is 1. The Morgan fingerprint density at radius 3 is 2.63 bits per heavy atom. The summed E-state index contributed by atoms with van der Waals surface area (Å²) in [4.78, 5) is 25.6. The third-order valence-electron chi connectivity index (χ3n) is 2.90. The lowest BCUT2D eigenvalue weighted by molar-refractivity contribution is -0.139. The van der Waals surface area contributed by atoms with Gasteiger partial charge in [0.25, 0.3) is 0 Å². The molecule has 0 atom stereocenters. The van der Waals surface area contributed by atoms with Gasteiger partial charge in [-0.15, -0.1) is 11.3 Å². The first-order chi connectivity index (χ1) is 9.00. The van der Waals surface area contributed by atoms with Gasteiger partial charge in [-0.25, -0.2) is 0 Å². The van der Waals surface area contributed by atoms with Crippen molar-refractivity contribution in [2.75, 3.05) is 6.54 Å². The van der Waals surface area contributed by atoms with Crippen molar-refractivity contribution in [3.8, 4) is 0 Å². The zero-order valence-electron chi connectivity index (χ0n) is 11.5. The maximum Gasteiger partial charge on any atom is 0.305 e. The molecule has 1 aromatic heterocycles. The Morgan fingerprint density at radius 2 is 2.11 bits per heavy atom. The number of hydrogen-bond acceptors (Lipinski definition) is 3. The Kier molecular flexibility index (Phi) is 6.56. The molecule has 0 aliphatic heterocycles. The van der Waals surface area contributed by atoms with Gasteiger partial charge in [-0.3, -0.25) is 9.59 Å². The van der Waals surface area contributed by atoms with Crippen LogP contribution in [0.3, 0.4) is 0 Å². The van der Waals surface area contributed by atoms with Gasteiger partial charge in [0.1, 0.15) is 0 Å². The largest absolute Gasteiger partial charge is 0.481 e. The Morgan fingerprint density at radius 1 is 1.37 bits per heavy atom. The molecule has 0 aromatic carbocycles. The normalized spacial score (nSPS) is 10.7. The number of carbonyl (C=O) groups is 2. The van der Waals surface area contributed by atoms with Gasteiger partial charge in [0.05, 0.1) is 6.42 Å². The van der Waals surface area contributed by atoms with Crippen LogP contribution in [0.2, 0.25) is 0 Å². The van der Waals surface area contributed by atoms with E-state index in [2.05, 4.69) is 6.07 Å². The molecule has 1 N–H and O–H groups in total. The van der Waals surface area contributed by atoms with E-state index in [9.17, 15) is 9.59 Å². The molecule has 0 aliphatic rings. The second kappa shape index (κ2) is 7.94. The summed E-state index contributed by atoms with van der Waals surface area (Å²) in [5, 5.41) is 10.7. The Labute approximate surface area is 118 Å². The molecule has 1 amide bonds. The first-order valence-corrected chi connectivity index (χ1v) is 7.42. The minimum absolute atomic E-state index is 0.00877. The zero-order chi connectivity index (χ0) is 14.3. The highest BCUT2D eigenvalue weighted by molar-refractivity contribution is 7.09. The summed E-state index contributed by atoms with van der Waals surface area (Å²) in [5.41, 5.74) is 0. The van der Waals surface area contributed by atoms with Gasteiger partial charge in [-0.05, 0) is 38.1 Å². The number of aryl methyl sites for hydroxylation is 1. The smallest absolute Gasteiger partial charge is 0.305 e. The summed E-state index contributed by atoms with van der Waals surface area (Å²) in [6, 6.07) is 4.13. The van der Waals surface area contributed by atoms with Gasteiger partial charge in [0, 0.05) is 23.9 Å². The van der Waals surface area contributed by atoms with E-state index in [1.807, 2.05) is 25.3 Å². The summed E-state index contributed by atoms with van der Waals surface area (Å²) in [6.45, 7) is 4.13. The van der Waals surface area contributed by atoms with E-state index in [4.69, 9.17) is 5.11 Å². The lowest BCUT2D eigenvalue weighted by atomic mass is 10.1. The molecule has 1 heterocycles. The average molecular weight is 283 g/mol. The molecule has 0 fully saturated rings. The summed E-state index contributed by atoms with van der Waals surface area (Å²) in [6.07, 6.45) is 2.22. The molecule has 106 valence electrons. The SMILES string of the molecule is CC(C)N(CCC(=O)O)C(=O)CCCc1cccs1. The second-order valence-electron chi connectivity index (χ2n) is 4.76. The molecular formula is C14H21NO3S. The number of aliphatic carboxylic acids is 1. The van der Waals surface area contributed by atoms with Crippen LogP contribution in [0.4, 0.5) is 0 Å². The van der Waals surface area contributed by atoms with Crippen LogP contribution in [-0.2, 0) is 16.0 Å². The van der Waals surface area contributed by atoms with E-state index >= 15 is 0 Å². The van der Waals surface area contributed by atoms with Crippen LogP contribution in [0, 0.1) is 0 Å². The fraction of sp³-hybridized carbons (Fsp3) is 0.571. The van der Waals surface area contributed by atoms with Crippen LogP contribution in [0.1, 0.15) is 38.0 Å². The number of amides is 1. The van der Waals surface area contributed by atoms with Crippen molar-refractivity contribution >= 4 is 23.2 Å². The van der Waals surface area contributed by atoms with Crippen LogP contribution < -0.4 is 0 Å². The van der Waals surface area contributed by atoms with Crippen LogP contribution in [0.25, 0.3) is 0 Å². The molecule has 0 radical (unpaired) electrons. The predicted molar refractivity (Wildman–Crippen MR) is 76.4 cm³/mol. The van der Waals surface area contributed by atoms with Crippen LogP contribution in [0.5, 0.6) is 0 Å². The lowest BCUT2D eigenvalue weighted by Gasteiger charge is -2.26. The van der Waals surface area contributed by atoms with Crippen molar-refractivity contribution in [1.82, 2.24) is 4.90 Å². The van der Waals surface area contributed by atoms with E-state index in [1.54, 1.807) is 16.2 Å². The predicted octanol–water partition coefficient (Wildman–Crippen LogP) is 2.78. The van der Waals surface area contributed by atoms with Crippen LogP contribution >= 0.6 is 11.3 Å². The second-order valence-corrected chi connectivity index (χ2v) is 5.79. The van der Waals surface area contributed by atoms with Gasteiger partial charge in [0.2, 0.25) is 5.91 Å². The van der Waals surface area contributed by atoms with Crippen molar-refractivity contribution in [2.24, 2.45) is 0 Å². The fourth-order valence-electron chi connectivity index (χ4n) is 1.90. The first-order valence-electron chi connectivity index (χ1n) is 6.54. The lowest BCUT2D eigenvalue weighted by Crippen LogP contribution is -2.38. The topological polar surface area (TPSA) is 57.6 Å². The summed E-state index contributed by atoms with van der Waals surface area (Å²) < 4.78 is 0. The molecule has 19 heavy (non-hydrogen) atoms. The summed E-state index contributed by atoms with van der Waals surface area (Å²) >= 11 is 1.70. The monoisotopic (exact) mass is 283 g/mol. The Balaban J connectivity index is 2.36. The van der Waals surface area contributed by atoms with Gasteiger partial charge < -0.3 is 10.0 Å². The number of nitrogens with zero attached hydrogens (tertiary/aromatic N) is 1. The molecule has 1 aromatic rings. The van der Waals surface area contributed by atoms with E-state index in [-0.39, 0.29) is 18.4 Å². The first kappa shape index (κ1) is 15.7. The summed E-state index contributed by atoms with van der Waals surface area (Å²) in [5.74, 6) is -0.815. The molecule has 1 rings (SSSR count). The number of carbonyl (C=O) groups excluding carboxylic acids is 1. The van der Waals surface area contributed by atoms with Crippen molar-refractivity contribution in [3.05, 3.63) is 22.4 Å². The van der Waals surface area contributed by atoms with Crippen LogP contribution in [0.15, 0.2) is 17.5 Å². The third-order valence-corrected chi connectivity index (χ3v) is 3.84. The van der Waals surface area contributed by atoms with E-state index in [1.165, 1.54) is 4.88 Å². The molecule has 5 heteroatoms. The minimum atomic E-state index is -0.864. The quantitative estimate of drug-likeness (QED) is 0.798.